The van der Waals surface area contributed by atoms with E-state index in [2.05, 4.69) is 18.4 Å². The Bertz CT molecular complexity index is 1160. The molecule has 0 saturated carbocycles. The van der Waals surface area contributed by atoms with Crippen LogP contribution in [0.25, 0.3) is 0 Å². The molecule has 2 heterocycles. The van der Waals surface area contributed by atoms with Gasteiger partial charge in [0.2, 0.25) is 10.0 Å². The van der Waals surface area contributed by atoms with E-state index in [1.165, 1.54) is 15.6 Å². The number of aromatic nitrogens is 1. The van der Waals surface area contributed by atoms with Crippen LogP contribution in [-0.4, -0.2) is 56.2 Å². The number of hydrogen-bond acceptors (Lipinski definition) is 5. The summed E-state index contributed by atoms with van der Waals surface area (Å²) in [6.07, 6.45) is 3.37. The molecule has 0 N–H and O–H groups in total. The number of sulfonamides is 1. The Balaban J connectivity index is 1.75. The number of rotatable bonds is 7. The van der Waals surface area contributed by atoms with Crippen LogP contribution >= 0.6 is 0 Å². The van der Waals surface area contributed by atoms with Gasteiger partial charge in [0.1, 0.15) is 6.54 Å². The number of carbonyl (C=O) groups is 1. The van der Waals surface area contributed by atoms with Gasteiger partial charge in [0.25, 0.3) is 0 Å². The Morgan fingerprint density at radius 1 is 1.18 bits per heavy atom. The molecule has 1 aromatic carbocycles. The summed E-state index contributed by atoms with van der Waals surface area (Å²) in [6, 6.07) is 7.31. The molecule has 2 aromatic rings. The summed E-state index contributed by atoms with van der Waals surface area (Å²) >= 11 is 0. The van der Waals surface area contributed by atoms with Crippen LogP contribution in [0.2, 0.25) is 0 Å². The van der Waals surface area contributed by atoms with E-state index in [0.29, 0.717) is 44.2 Å². The summed E-state index contributed by atoms with van der Waals surface area (Å²) in [4.78, 5) is 12.7. The van der Waals surface area contributed by atoms with E-state index in [0.717, 1.165) is 36.1 Å². The lowest BCUT2D eigenvalue weighted by molar-refractivity contribution is -0.143. The Labute approximate surface area is 203 Å². The van der Waals surface area contributed by atoms with Gasteiger partial charge in [-0.3, -0.25) is 4.79 Å². The molecular formula is C26H36N2O5S. The van der Waals surface area contributed by atoms with Gasteiger partial charge >= 0.3 is 5.97 Å². The zero-order valence-electron chi connectivity index (χ0n) is 20.7. The fourth-order valence-corrected chi connectivity index (χ4v) is 6.87. The molecule has 1 aliphatic heterocycles. The molecule has 7 nitrogen and oxygen atoms in total. The first kappa shape index (κ1) is 24.9. The van der Waals surface area contributed by atoms with Crippen LogP contribution in [0.4, 0.5) is 0 Å². The maximum absolute atomic E-state index is 13.5. The van der Waals surface area contributed by atoms with Gasteiger partial charge < -0.3 is 14.0 Å². The standard InChI is InChI=1S/C26H36N2O5S/c1-5-33-25(29)18-28-19(2)21(22-17-26(3,4)11-10-23(22)28)16-20-8-6-7-9-24(20)34(30,31)27-12-14-32-15-13-27/h6-9H,5,10-18H2,1-4H3. The molecule has 4 rings (SSSR count). The molecule has 2 aliphatic rings. The lowest BCUT2D eigenvalue weighted by Gasteiger charge is -2.31. The summed E-state index contributed by atoms with van der Waals surface area (Å²) < 4.78 is 41.2. The van der Waals surface area contributed by atoms with Crippen molar-refractivity contribution >= 4 is 16.0 Å². The first-order chi connectivity index (χ1) is 16.1. The Kier molecular flexibility index (Phi) is 7.22. The van der Waals surface area contributed by atoms with E-state index >= 15 is 0 Å². The third kappa shape index (κ3) is 4.95. The normalized spacial score (nSPS) is 18.5. The zero-order chi connectivity index (χ0) is 24.5. The Hall–Kier alpha value is -2.16. The van der Waals surface area contributed by atoms with Crippen LogP contribution in [0.15, 0.2) is 29.2 Å². The SMILES string of the molecule is CCOC(=O)Cn1c(C)c(Cc2ccccc2S(=O)(=O)N2CCOCC2)c2c1CCC(C)(C)C2. The van der Waals surface area contributed by atoms with Gasteiger partial charge in [0.15, 0.2) is 0 Å². The highest BCUT2D eigenvalue weighted by Crippen LogP contribution is 2.40. The van der Waals surface area contributed by atoms with E-state index < -0.39 is 10.0 Å². The number of carbonyl (C=O) groups excluding carboxylic acids is 1. The predicted octanol–water partition coefficient (Wildman–Crippen LogP) is 3.49. The first-order valence-electron chi connectivity index (χ1n) is 12.1. The molecule has 1 fully saturated rings. The molecule has 8 heteroatoms. The highest BCUT2D eigenvalue weighted by Gasteiger charge is 2.33. The second kappa shape index (κ2) is 9.84. The fourth-order valence-electron chi connectivity index (χ4n) is 5.24. The molecule has 0 amide bonds. The number of morpholine rings is 1. The topological polar surface area (TPSA) is 77.8 Å². The van der Waals surface area contributed by atoms with Crippen LogP contribution in [0.1, 0.15) is 55.3 Å². The predicted molar refractivity (Wildman–Crippen MR) is 130 cm³/mol. The third-order valence-corrected chi connectivity index (χ3v) is 9.09. The molecule has 0 radical (unpaired) electrons. The molecule has 186 valence electrons. The van der Waals surface area contributed by atoms with E-state index in [4.69, 9.17) is 9.47 Å². The molecule has 1 aromatic heterocycles. The van der Waals surface area contributed by atoms with E-state index in [1.807, 2.05) is 26.0 Å². The van der Waals surface area contributed by atoms with Crippen molar-refractivity contribution in [2.45, 2.75) is 64.8 Å². The Morgan fingerprint density at radius 3 is 2.59 bits per heavy atom. The summed E-state index contributed by atoms with van der Waals surface area (Å²) in [5.41, 5.74) is 5.55. The minimum atomic E-state index is -3.62. The van der Waals surface area contributed by atoms with Gasteiger partial charge in [0, 0.05) is 30.9 Å². The van der Waals surface area contributed by atoms with Crippen molar-refractivity contribution in [2.75, 3.05) is 32.9 Å². The first-order valence-corrected chi connectivity index (χ1v) is 13.6. The van der Waals surface area contributed by atoms with Crippen LogP contribution in [0.5, 0.6) is 0 Å². The van der Waals surface area contributed by atoms with Crippen LogP contribution in [0.3, 0.4) is 0 Å². The number of fused-ring (bicyclic) bond motifs is 1. The van der Waals surface area contributed by atoms with E-state index in [1.54, 1.807) is 12.1 Å². The van der Waals surface area contributed by atoms with Crippen molar-refractivity contribution in [3.63, 3.8) is 0 Å². The maximum Gasteiger partial charge on any atom is 0.325 e. The highest BCUT2D eigenvalue weighted by atomic mass is 32.2. The molecule has 0 atom stereocenters. The number of ether oxygens (including phenoxy) is 2. The van der Waals surface area contributed by atoms with Crippen molar-refractivity contribution in [1.29, 1.82) is 0 Å². The second-order valence-corrected chi connectivity index (χ2v) is 11.9. The number of benzene rings is 1. The molecular weight excluding hydrogens is 452 g/mol. The van der Waals surface area contributed by atoms with Crippen molar-refractivity contribution in [2.24, 2.45) is 5.41 Å². The molecule has 1 aliphatic carbocycles. The minimum absolute atomic E-state index is 0.156. The summed E-state index contributed by atoms with van der Waals surface area (Å²) in [6.45, 7) is 10.5. The molecule has 34 heavy (non-hydrogen) atoms. The third-order valence-electron chi connectivity index (χ3n) is 7.09. The van der Waals surface area contributed by atoms with Gasteiger partial charge in [0.05, 0.1) is 24.7 Å². The van der Waals surface area contributed by atoms with Gasteiger partial charge in [-0.15, -0.1) is 0 Å². The summed E-state index contributed by atoms with van der Waals surface area (Å²) in [5, 5.41) is 0. The minimum Gasteiger partial charge on any atom is -0.465 e. The van der Waals surface area contributed by atoms with Gasteiger partial charge in [-0.25, -0.2) is 8.42 Å². The van der Waals surface area contributed by atoms with Crippen molar-refractivity contribution < 1.29 is 22.7 Å². The maximum atomic E-state index is 13.5. The lowest BCUT2D eigenvalue weighted by Crippen LogP contribution is -2.40. The summed E-state index contributed by atoms with van der Waals surface area (Å²) in [7, 11) is -3.62. The van der Waals surface area contributed by atoms with Crippen LogP contribution in [-0.2, 0) is 50.1 Å². The van der Waals surface area contributed by atoms with Gasteiger partial charge in [-0.2, -0.15) is 4.31 Å². The fraction of sp³-hybridized carbons (Fsp3) is 0.577. The van der Waals surface area contributed by atoms with Crippen LogP contribution in [0, 0.1) is 12.3 Å². The monoisotopic (exact) mass is 488 g/mol. The molecule has 0 spiro atoms. The van der Waals surface area contributed by atoms with Crippen molar-refractivity contribution in [1.82, 2.24) is 8.87 Å². The number of nitrogens with zero attached hydrogens (tertiary/aromatic N) is 2. The molecule has 0 bridgehead atoms. The number of hydrogen-bond donors (Lipinski definition) is 0. The van der Waals surface area contributed by atoms with Crippen LogP contribution < -0.4 is 0 Å². The zero-order valence-corrected chi connectivity index (χ0v) is 21.5. The molecule has 1 saturated heterocycles. The van der Waals surface area contributed by atoms with Gasteiger partial charge in [-0.1, -0.05) is 32.0 Å². The Morgan fingerprint density at radius 2 is 1.88 bits per heavy atom. The summed E-state index contributed by atoms with van der Waals surface area (Å²) in [5.74, 6) is -0.241. The van der Waals surface area contributed by atoms with Crippen molar-refractivity contribution in [3.05, 3.63) is 52.3 Å². The molecule has 0 unspecified atom stereocenters. The van der Waals surface area contributed by atoms with E-state index in [-0.39, 0.29) is 17.9 Å². The van der Waals surface area contributed by atoms with Crippen molar-refractivity contribution in [3.8, 4) is 0 Å². The average Bonchev–Trinajstić information content (AvgIpc) is 3.04. The largest absolute Gasteiger partial charge is 0.465 e. The number of esters is 1. The second-order valence-electron chi connectivity index (χ2n) is 10.0. The lowest BCUT2D eigenvalue weighted by atomic mass is 9.75. The van der Waals surface area contributed by atoms with Gasteiger partial charge in [-0.05, 0) is 61.3 Å². The quantitative estimate of drug-likeness (QED) is 0.558. The smallest absolute Gasteiger partial charge is 0.325 e. The average molecular weight is 489 g/mol. The highest BCUT2D eigenvalue weighted by molar-refractivity contribution is 7.89. The van der Waals surface area contributed by atoms with E-state index in [9.17, 15) is 13.2 Å².